The molecule has 6 nitrogen and oxygen atoms in total. The summed E-state index contributed by atoms with van der Waals surface area (Å²) in [6, 6.07) is 6.83. The third-order valence-electron chi connectivity index (χ3n) is 4.77. The van der Waals surface area contributed by atoms with E-state index in [4.69, 9.17) is 16.1 Å². The van der Waals surface area contributed by atoms with Gasteiger partial charge in [0.1, 0.15) is 0 Å². The molecule has 1 aliphatic rings. The standard InChI is InChI=1S/C19H25ClN4O2/c1-19(2,23-17(25)14-4-3-5-15(20)12-14)18-22-16(26-24-18)7-6-13-8-10-21-11-9-13/h3-5,12-13,21H,6-11H2,1-2H3,(H,23,25). The van der Waals surface area contributed by atoms with Gasteiger partial charge in [-0.3, -0.25) is 4.79 Å². The van der Waals surface area contributed by atoms with Gasteiger partial charge in [-0.2, -0.15) is 4.98 Å². The second-order valence-corrected chi connectivity index (χ2v) is 7.77. The largest absolute Gasteiger partial charge is 0.340 e. The molecule has 2 heterocycles. The summed E-state index contributed by atoms with van der Waals surface area (Å²) in [7, 11) is 0. The molecule has 1 aromatic heterocycles. The van der Waals surface area contributed by atoms with Gasteiger partial charge in [-0.25, -0.2) is 0 Å². The number of hydrogen-bond donors (Lipinski definition) is 2. The monoisotopic (exact) mass is 376 g/mol. The molecule has 3 rings (SSSR count). The fourth-order valence-electron chi connectivity index (χ4n) is 3.15. The first kappa shape index (κ1) is 18.9. The van der Waals surface area contributed by atoms with Crippen molar-refractivity contribution >= 4 is 17.5 Å². The Bertz CT molecular complexity index is 754. The van der Waals surface area contributed by atoms with E-state index in [0.717, 1.165) is 25.9 Å². The van der Waals surface area contributed by atoms with Crippen LogP contribution in [0, 0.1) is 5.92 Å². The minimum absolute atomic E-state index is 0.224. The van der Waals surface area contributed by atoms with Gasteiger partial charge in [0.15, 0.2) is 5.82 Å². The van der Waals surface area contributed by atoms with Crippen LogP contribution in [-0.2, 0) is 12.0 Å². The van der Waals surface area contributed by atoms with E-state index >= 15 is 0 Å². The summed E-state index contributed by atoms with van der Waals surface area (Å²) in [4.78, 5) is 17.0. The molecule has 140 valence electrons. The van der Waals surface area contributed by atoms with Gasteiger partial charge in [-0.1, -0.05) is 22.8 Å². The molecule has 1 amide bonds. The number of hydrogen-bond acceptors (Lipinski definition) is 5. The van der Waals surface area contributed by atoms with E-state index in [2.05, 4.69) is 20.8 Å². The summed E-state index contributed by atoms with van der Waals surface area (Å²) in [6.07, 6.45) is 4.22. The van der Waals surface area contributed by atoms with Crippen molar-refractivity contribution in [2.24, 2.45) is 5.92 Å². The number of aryl methyl sites for hydroxylation is 1. The second-order valence-electron chi connectivity index (χ2n) is 7.33. The molecule has 0 spiro atoms. The van der Waals surface area contributed by atoms with Crippen LogP contribution in [0.15, 0.2) is 28.8 Å². The minimum Gasteiger partial charge on any atom is -0.340 e. The highest BCUT2D eigenvalue weighted by molar-refractivity contribution is 6.30. The molecule has 2 N–H and O–H groups in total. The van der Waals surface area contributed by atoms with Gasteiger partial charge in [0.05, 0.1) is 5.54 Å². The van der Waals surface area contributed by atoms with Crippen LogP contribution in [0.4, 0.5) is 0 Å². The van der Waals surface area contributed by atoms with E-state index in [1.54, 1.807) is 24.3 Å². The van der Waals surface area contributed by atoms with Gasteiger partial charge < -0.3 is 15.2 Å². The molecule has 0 bridgehead atoms. The number of carbonyl (C=O) groups excluding carboxylic acids is 1. The van der Waals surface area contributed by atoms with Gasteiger partial charge in [-0.15, -0.1) is 0 Å². The molecule has 1 aliphatic heterocycles. The Labute approximate surface area is 158 Å². The normalized spacial score (nSPS) is 15.8. The zero-order chi connectivity index (χ0) is 18.6. The first-order valence-electron chi connectivity index (χ1n) is 9.06. The highest BCUT2D eigenvalue weighted by Gasteiger charge is 2.29. The van der Waals surface area contributed by atoms with E-state index in [9.17, 15) is 4.79 Å². The molecule has 0 aliphatic carbocycles. The van der Waals surface area contributed by atoms with Crippen molar-refractivity contribution in [2.45, 2.75) is 45.1 Å². The highest BCUT2D eigenvalue weighted by atomic mass is 35.5. The number of aromatic nitrogens is 2. The molecule has 1 aromatic carbocycles. The summed E-state index contributed by atoms with van der Waals surface area (Å²) in [5.41, 5.74) is -0.240. The van der Waals surface area contributed by atoms with Gasteiger partial charge in [0.2, 0.25) is 5.89 Å². The van der Waals surface area contributed by atoms with Crippen molar-refractivity contribution in [1.82, 2.24) is 20.8 Å². The lowest BCUT2D eigenvalue weighted by molar-refractivity contribution is 0.0907. The highest BCUT2D eigenvalue weighted by Crippen LogP contribution is 2.21. The molecular weight excluding hydrogens is 352 g/mol. The molecule has 0 saturated carbocycles. The van der Waals surface area contributed by atoms with E-state index in [0.29, 0.717) is 28.2 Å². The number of rotatable bonds is 6. The lowest BCUT2D eigenvalue weighted by Crippen LogP contribution is -2.41. The van der Waals surface area contributed by atoms with Crippen LogP contribution >= 0.6 is 11.6 Å². The maximum atomic E-state index is 12.5. The quantitative estimate of drug-likeness (QED) is 0.808. The predicted octanol–water partition coefficient (Wildman–Crippen LogP) is 3.32. The third-order valence-corrected chi connectivity index (χ3v) is 5.00. The molecule has 26 heavy (non-hydrogen) atoms. The van der Waals surface area contributed by atoms with Crippen LogP contribution in [0.3, 0.4) is 0 Å². The summed E-state index contributed by atoms with van der Waals surface area (Å²) >= 11 is 5.96. The lowest BCUT2D eigenvalue weighted by Gasteiger charge is -2.22. The van der Waals surface area contributed by atoms with Crippen molar-refractivity contribution in [3.05, 3.63) is 46.6 Å². The van der Waals surface area contributed by atoms with Gasteiger partial charge >= 0.3 is 0 Å². The zero-order valence-corrected chi connectivity index (χ0v) is 16.0. The van der Waals surface area contributed by atoms with Crippen molar-refractivity contribution < 1.29 is 9.32 Å². The number of nitrogens with zero attached hydrogens (tertiary/aromatic N) is 2. The predicted molar refractivity (Wildman–Crippen MR) is 100 cm³/mol. The maximum absolute atomic E-state index is 12.5. The van der Waals surface area contributed by atoms with Crippen LogP contribution in [0.25, 0.3) is 0 Å². The van der Waals surface area contributed by atoms with Crippen molar-refractivity contribution in [2.75, 3.05) is 13.1 Å². The fourth-order valence-corrected chi connectivity index (χ4v) is 3.34. The number of benzene rings is 1. The summed E-state index contributed by atoms with van der Waals surface area (Å²) in [5, 5.41) is 10.9. The van der Waals surface area contributed by atoms with Crippen molar-refractivity contribution in [1.29, 1.82) is 0 Å². The molecule has 2 aromatic rings. The molecule has 0 unspecified atom stereocenters. The average molecular weight is 377 g/mol. The molecule has 0 atom stereocenters. The van der Waals surface area contributed by atoms with Gasteiger partial charge in [-0.05, 0) is 70.3 Å². The molecule has 7 heteroatoms. The zero-order valence-electron chi connectivity index (χ0n) is 15.2. The fraction of sp³-hybridized carbons (Fsp3) is 0.526. The Morgan fingerprint density at radius 3 is 2.88 bits per heavy atom. The molecule has 1 saturated heterocycles. The molecule has 0 radical (unpaired) electrons. The maximum Gasteiger partial charge on any atom is 0.252 e. The Hall–Kier alpha value is -1.92. The van der Waals surface area contributed by atoms with Crippen molar-refractivity contribution in [3.63, 3.8) is 0 Å². The van der Waals surface area contributed by atoms with E-state index in [1.807, 2.05) is 13.8 Å². The lowest BCUT2D eigenvalue weighted by atomic mass is 9.93. The number of piperidine rings is 1. The first-order chi connectivity index (χ1) is 12.4. The minimum atomic E-state index is -0.740. The van der Waals surface area contributed by atoms with Crippen LogP contribution in [-0.4, -0.2) is 29.1 Å². The van der Waals surface area contributed by atoms with Crippen molar-refractivity contribution in [3.8, 4) is 0 Å². The van der Waals surface area contributed by atoms with Crippen LogP contribution < -0.4 is 10.6 Å². The average Bonchev–Trinajstić information content (AvgIpc) is 3.10. The Morgan fingerprint density at radius 1 is 1.38 bits per heavy atom. The summed E-state index contributed by atoms with van der Waals surface area (Å²) < 4.78 is 5.40. The van der Waals surface area contributed by atoms with E-state index in [1.165, 1.54) is 12.8 Å². The summed E-state index contributed by atoms with van der Waals surface area (Å²) in [6.45, 7) is 5.89. The van der Waals surface area contributed by atoms with E-state index in [-0.39, 0.29) is 5.91 Å². The number of nitrogens with one attached hydrogen (secondary N) is 2. The second kappa shape index (κ2) is 8.18. The smallest absolute Gasteiger partial charge is 0.252 e. The van der Waals surface area contributed by atoms with Crippen LogP contribution in [0.1, 0.15) is 55.2 Å². The number of halogens is 1. The SMILES string of the molecule is CC(C)(NC(=O)c1cccc(Cl)c1)c1noc(CCC2CCNCC2)n1. The number of carbonyl (C=O) groups is 1. The van der Waals surface area contributed by atoms with E-state index < -0.39 is 5.54 Å². The molecular formula is C19H25ClN4O2. The van der Waals surface area contributed by atoms with Crippen LogP contribution in [0.2, 0.25) is 5.02 Å². The van der Waals surface area contributed by atoms with Gasteiger partial charge in [0.25, 0.3) is 5.91 Å². The topological polar surface area (TPSA) is 80.0 Å². The summed E-state index contributed by atoms with van der Waals surface area (Å²) in [5.74, 6) is 1.59. The Balaban J connectivity index is 1.60. The Morgan fingerprint density at radius 2 is 2.15 bits per heavy atom. The molecule has 1 fully saturated rings. The number of amides is 1. The van der Waals surface area contributed by atoms with Crippen LogP contribution in [0.5, 0.6) is 0 Å². The van der Waals surface area contributed by atoms with Gasteiger partial charge in [0, 0.05) is 17.0 Å². The first-order valence-corrected chi connectivity index (χ1v) is 9.44. The Kier molecular flexibility index (Phi) is 5.94. The third kappa shape index (κ3) is 4.83.